The highest BCUT2D eigenvalue weighted by atomic mass is 32.2. The number of anilines is 2. The minimum absolute atomic E-state index is 0.00827. The van der Waals surface area contributed by atoms with Gasteiger partial charge in [0.1, 0.15) is 12.4 Å². The molecule has 1 amide bonds. The Balaban J connectivity index is 1.92. The molecule has 0 unspecified atom stereocenters. The van der Waals surface area contributed by atoms with E-state index in [0.717, 1.165) is 24.5 Å². The molecule has 3 rings (SSSR count). The Morgan fingerprint density at radius 3 is 2.74 bits per heavy atom. The van der Waals surface area contributed by atoms with Crippen molar-refractivity contribution < 1.29 is 22.3 Å². The predicted octanol–water partition coefficient (Wildman–Crippen LogP) is 2.86. The molecule has 0 saturated heterocycles. The molecule has 0 radical (unpaired) electrons. The predicted molar refractivity (Wildman–Crippen MR) is 101 cm³/mol. The van der Waals surface area contributed by atoms with Crippen LogP contribution >= 0.6 is 0 Å². The van der Waals surface area contributed by atoms with Crippen LogP contribution in [0.2, 0.25) is 0 Å². The van der Waals surface area contributed by atoms with Gasteiger partial charge in [-0.25, -0.2) is 12.8 Å². The van der Waals surface area contributed by atoms with Gasteiger partial charge in [0.05, 0.1) is 10.6 Å². The van der Waals surface area contributed by atoms with E-state index >= 15 is 0 Å². The Bertz CT molecular complexity index is 976. The first-order valence-corrected chi connectivity index (χ1v) is 10.0. The molecule has 0 spiro atoms. The quantitative estimate of drug-likeness (QED) is 0.849. The second-order valence-electron chi connectivity index (χ2n) is 6.44. The number of fused-ring (bicyclic) bond motifs is 1. The van der Waals surface area contributed by atoms with Crippen LogP contribution in [0.5, 0.6) is 0 Å². The third-order valence-corrected chi connectivity index (χ3v) is 5.99. The van der Waals surface area contributed by atoms with E-state index in [9.17, 15) is 17.6 Å². The summed E-state index contributed by atoms with van der Waals surface area (Å²) in [6.45, 7) is 2.06. The van der Waals surface area contributed by atoms with Gasteiger partial charge in [-0.15, -0.1) is 0 Å². The lowest BCUT2D eigenvalue weighted by Crippen LogP contribution is -2.37. The van der Waals surface area contributed by atoms with E-state index in [0.29, 0.717) is 23.5 Å². The monoisotopic (exact) mass is 392 g/mol. The Morgan fingerprint density at radius 2 is 2.04 bits per heavy atom. The van der Waals surface area contributed by atoms with Crippen molar-refractivity contribution in [3.05, 3.63) is 53.3 Å². The number of nitrogens with zero attached hydrogens (tertiary/aromatic N) is 1. The maximum absolute atomic E-state index is 13.3. The van der Waals surface area contributed by atoms with Crippen LogP contribution in [0.4, 0.5) is 15.8 Å². The van der Waals surface area contributed by atoms with Crippen molar-refractivity contribution in [1.82, 2.24) is 0 Å². The first-order chi connectivity index (χ1) is 12.8. The van der Waals surface area contributed by atoms with E-state index in [1.165, 1.54) is 26.2 Å². The maximum Gasteiger partial charge on any atom is 0.262 e. The molecule has 2 aromatic rings. The summed E-state index contributed by atoms with van der Waals surface area (Å²) >= 11 is 0. The summed E-state index contributed by atoms with van der Waals surface area (Å²) in [5, 5.41) is 0. The van der Waals surface area contributed by atoms with E-state index in [1.54, 1.807) is 17.0 Å². The summed E-state index contributed by atoms with van der Waals surface area (Å²) < 4.78 is 46.1. The number of ether oxygens (including phenoxy) is 1. The number of hydrogen-bond donors (Lipinski definition) is 1. The third-order valence-electron chi connectivity index (χ3n) is 4.45. The van der Waals surface area contributed by atoms with Gasteiger partial charge in [0, 0.05) is 19.3 Å². The van der Waals surface area contributed by atoms with E-state index in [1.807, 2.05) is 6.07 Å². The van der Waals surface area contributed by atoms with Gasteiger partial charge in [-0.05, 0) is 61.2 Å². The SMILES string of the molecule is COCC(=O)N1CCCc2ccc(NS(=O)(=O)c3ccc(F)cc3C)cc21. The van der Waals surface area contributed by atoms with Crippen LogP contribution in [-0.4, -0.2) is 34.6 Å². The number of carbonyl (C=O) groups is 1. The van der Waals surface area contributed by atoms with Gasteiger partial charge in [-0.3, -0.25) is 9.52 Å². The molecule has 1 aliphatic heterocycles. The molecule has 0 fully saturated rings. The minimum atomic E-state index is -3.88. The van der Waals surface area contributed by atoms with Gasteiger partial charge in [-0.1, -0.05) is 6.07 Å². The molecule has 0 aromatic heterocycles. The van der Waals surface area contributed by atoms with E-state index < -0.39 is 15.8 Å². The van der Waals surface area contributed by atoms with Crippen LogP contribution in [-0.2, 0) is 26.0 Å². The van der Waals surface area contributed by atoms with Crippen LogP contribution in [0.3, 0.4) is 0 Å². The summed E-state index contributed by atoms with van der Waals surface area (Å²) in [5.74, 6) is -0.666. The van der Waals surface area contributed by atoms with Crippen molar-refractivity contribution in [1.29, 1.82) is 0 Å². The number of carbonyl (C=O) groups excluding carboxylic acids is 1. The lowest BCUT2D eigenvalue weighted by Gasteiger charge is -2.30. The molecule has 0 bridgehead atoms. The van der Waals surface area contributed by atoms with Gasteiger partial charge in [0.15, 0.2) is 0 Å². The summed E-state index contributed by atoms with van der Waals surface area (Å²) in [4.78, 5) is 13.9. The molecular weight excluding hydrogens is 371 g/mol. The fourth-order valence-corrected chi connectivity index (χ4v) is 4.50. The van der Waals surface area contributed by atoms with Gasteiger partial charge >= 0.3 is 0 Å². The first-order valence-electron chi connectivity index (χ1n) is 8.53. The molecule has 1 N–H and O–H groups in total. The van der Waals surface area contributed by atoms with E-state index in [-0.39, 0.29) is 17.4 Å². The second-order valence-corrected chi connectivity index (χ2v) is 8.09. The molecule has 1 aliphatic rings. The molecule has 0 saturated carbocycles. The standard InChI is InChI=1S/C19H21FN2O4S/c1-13-10-15(20)6-8-18(13)27(24,25)21-16-7-5-14-4-3-9-22(17(14)11-16)19(23)12-26-2/h5-8,10-11,21H,3-4,9,12H2,1-2H3. The molecule has 2 aromatic carbocycles. The molecule has 1 heterocycles. The highest BCUT2D eigenvalue weighted by Gasteiger charge is 2.24. The fourth-order valence-electron chi connectivity index (χ4n) is 3.22. The number of hydrogen-bond acceptors (Lipinski definition) is 4. The highest BCUT2D eigenvalue weighted by Crippen LogP contribution is 2.31. The van der Waals surface area contributed by atoms with Crippen LogP contribution in [0.25, 0.3) is 0 Å². The van der Waals surface area contributed by atoms with Gasteiger partial charge < -0.3 is 9.64 Å². The number of nitrogens with one attached hydrogen (secondary N) is 1. The zero-order valence-corrected chi connectivity index (χ0v) is 16.0. The number of sulfonamides is 1. The minimum Gasteiger partial charge on any atom is -0.375 e. The van der Waals surface area contributed by atoms with Crippen molar-refractivity contribution in [3.8, 4) is 0 Å². The topological polar surface area (TPSA) is 75.7 Å². The Morgan fingerprint density at radius 1 is 1.26 bits per heavy atom. The molecular formula is C19H21FN2O4S. The maximum atomic E-state index is 13.3. The van der Waals surface area contributed by atoms with Gasteiger partial charge in [0.2, 0.25) is 0 Å². The summed E-state index contributed by atoms with van der Waals surface area (Å²) in [6.07, 6.45) is 1.65. The van der Waals surface area contributed by atoms with Crippen LogP contribution < -0.4 is 9.62 Å². The number of amides is 1. The fraction of sp³-hybridized carbons (Fsp3) is 0.316. The number of rotatable bonds is 5. The third kappa shape index (κ3) is 4.12. The molecule has 0 aliphatic carbocycles. The molecule has 8 heteroatoms. The molecule has 6 nitrogen and oxygen atoms in total. The number of aryl methyl sites for hydroxylation is 2. The normalized spacial score (nSPS) is 14.0. The Labute approximate surface area is 158 Å². The van der Waals surface area contributed by atoms with Crippen molar-refractivity contribution in [2.75, 3.05) is 29.9 Å². The largest absolute Gasteiger partial charge is 0.375 e. The van der Waals surface area contributed by atoms with Gasteiger partial charge in [-0.2, -0.15) is 0 Å². The molecule has 144 valence electrons. The molecule has 27 heavy (non-hydrogen) atoms. The average Bonchev–Trinajstić information content (AvgIpc) is 2.60. The highest BCUT2D eigenvalue weighted by molar-refractivity contribution is 7.92. The smallest absolute Gasteiger partial charge is 0.262 e. The first kappa shape index (κ1) is 19.3. The number of benzene rings is 2. The lowest BCUT2D eigenvalue weighted by atomic mass is 10.0. The van der Waals surface area contributed by atoms with Crippen molar-refractivity contribution >= 4 is 27.3 Å². The lowest BCUT2D eigenvalue weighted by molar-refractivity contribution is -0.122. The molecule has 0 atom stereocenters. The Kier molecular flexibility index (Phi) is 5.48. The Hall–Kier alpha value is -2.45. The zero-order chi connectivity index (χ0) is 19.6. The van der Waals surface area contributed by atoms with Crippen molar-refractivity contribution in [2.45, 2.75) is 24.7 Å². The zero-order valence-electron chi connectivity index (χ0n) is 15.2. The van der Waals surface area contributed by atoms with Gasteiger partial charge in [0.25, 0.3) is 15.9 Å². The number of methoxy groups -OCH3 is 1. The van der Waals surface area contributed by atoms with Crippen molar-refractivity contribution in [2.24, 2.45) is 0 Å². The second kappa shape index (κ2) is 7.66. The van der Waals surface area contributed by atoms with Crippen LogP contribution in [0.15, 0.2) is 41.3 Å². The van der Waals surface area contributed by atoms with Crippen LogP contribution in [0.1, 0.15) is 17.5 Å². The summed E-state index contributed by atoms with van der Waals surface area (Å²) in [5.41, 5.74) is 2.32. The average molecular weight is 392 g/mol. The van der Waals surface area contributed by atoms with Crippen LogP contribution in [0, 0.1) is 12.7 Å². The van der Waals surface area contributed by atoms with E-state index in [4.69, 9.17) is 4.74 Å². The summed E-state index contributed by atoms with van der Waals surface area (Å²) in [7, 11) is -2.42. The summed E-state index contributed by atoms with van der Waals surface area (Å²) in [6, 6.07) is 8.65. The van der Waals surface area contributed by atoms with Crippen molar-refractivity contribution in [3.63, 3.8) is 0 Å². The van der Waals surface area contributed by atoms with E-state index in [2.05, 4.69) is 4.72 Å². The number of halogens is 1.